The van der Waals surface area contributed by atoms with E-state index in [2.05, 4.69) is 195 Å². The van der Waals surface area contributed by atoms with Gasteiger partial charge < -0.3 is 0 Å². The first kappa shape index (κ1) is 35.0. The Hall–Kier alpha value is -7.83. The van der Waals surface area contributed by atoms with E-state index in [1.54, 1.807) is 0 Å². The highest BCUT2D eigenvalue weighted by Gasteiger charge is 2.22. The quantitative estimate of drug-likeness (QED) is 0.129. The number of benzene rings is 12. The van der Waals surface area contributed by atoms with Gasteiger partial charge in [0.2, 0.25) is 0 Å². The van der Waals surface area contributed by atoms with Crippen molar-refractivity contribution in [1.29, 1.82) is 5.26 Å². The number of fused-ring (bicyclic) bond motifs is 14. The van der Waals surface area contributed by atoms with Crippen molar-refractivity contribution in [3.8, 4) is 39.4 Å². The Morgan fingerprint density at radius 2 is 0.774 bits per heavy atom. The second-order valence-electron chi connectivity index (χ2n) is 16.6. The summed E-state index contributed by atoms with van der Waals surface area (Å²) in [7, 11) is 0. The minimum absolute atomic E-state index is 0.724. The third-order valence-corrected chi connectivity index (χ3v) is 14.5. The van der Waals surface area contributed by atoms with Gasteiger partial charge in [0, 0.05) is 36.3 Å². The molecule has 0 fully saturated rings. The van der Waals surface area contributed by atoms with Crippen LogP contribution in [0.4, 0.5) is 0 Å². The molecule has 1 nitrogen and oxygen atoms in total. The van der Waals surface area contributed by atoms with Crippen LogP contribution in [0.2, 0.25) is 0 Å². The molecular formula is C60H35NS. The van der Waals surface area contributed by atoms with Crippen molar-refractivity contribution in [3.05, 3.63) is 205 Å². The van der Waals surface area contributed by atoms with Crippen LogP contribution in [0.15, 0.2) is 194 Å². The Morgan fingerprint density at radius 3 is 1.39 bits per heavy atom. The molecule has 1 aromatic heterocycles. The monoisotopic (exact) mass is 801 g/mol. The van der Waals surface area contributed by atoms with Gasteiger partial charge in [-0.25, -0.2) is 0 Å². The van der Waals surface area contributed by atoms with Gasteiger partial charge in [-0.15, -0.1) is 11.3 Å². The maximum Gasteiger partial charge on any atom is 0.100 e. The van der Waals surface area contributed by atoms with Crippen LogP contribution in [0.25, 0.3) is 129 Å². The van der Waals surface area contributed by atoms with Gasteiger partial charge in [0.05, 0.1) is 5.56 Å². The van der Waals surface area contributed by atoms with E-state index in [4.69, 9.17) is 0 Å². The number of hydrogen-bond acceptors (Lipinski definition) is 2. The summed E-state index contributed by atoms with van der Waals surface area (Å²) in [5.41, 5.74) is 9.17. The van der Waals surface area contributed by atoms with Gasteiger partial charge in [0.1, 0.15) is 6.07 Å². The van der Waals surface area contributed by atoms with Gasteiger partial charge in [-0.1, -0.05) is 188 Å². The molecule has 2 heteroatoms. The van der Waals surface area contributed by atoms with Gasteiger partial charge in [-0.3, -0.25) is 0 Å². The average Bonchev–Trinajstić information content (AvgIpc) is 3.71. The van der Waals surface area contributed by atoms with Crippen LogP contribution in [0.5, 0.6) is 0 Å². The lowest BCUT2D eigenvalue weighted by atomic mass is 9.82. The first-order valence-electron chi connectivity index (χ1n) is 21.2. The number of aryl methyl sites for hydroxylation is 1. The predicted molar refractivity (Wildman–Crippen MR) is 268 cm³/mol. The number of thiophene rings is 1. The van der Waals surface area contributed by atoms with Gasteiger partial charge in [-0.05, 0) is 112 Å². The lowest BCUT2D eigenvalue weighted by Gasteiger charge is -2.21. The first-order valence-corrected chi connectivity index (χ1v) is 22.0. The molecule has 0 spiro atoms. The average molecular weight is 802 g/mol. The summed E-state index contributed by atoms with van der Waals surface area (Å²) in [6.07, 6.45) is 0. The molecular weight excluding hydrogens is 767 g/mol. The van der Waals surface area contributed by atoms with Gasteiger partial charge in [0.25, 0.3) is 0 Å². The molecule has 62 heavy (non-hydrogen) atoms. The number of nitriles is 1. The van der Waals surface area contributed by atoms with Crippen molar-refractivity contribution in [2.45, 2.75) is 6.92 Å². The summed E-state index contributed by atoms with van der Waals surface area (Å²) in [6.45, 7) is 2.20. The molecule has 1 heterocycles. The van der Waals surface area contributed by atoms with Gasteiger partial charge in [-0.2, -0.15) is 5.26 Å². The molecule has 0 atom stereocenters. The number of nitrogens with zero attached hydrogens (tertiary/aromatic N) is 1. The molecule has 286 valence electrons. The summed E-state index contributed by atoms with van der Waals surface area (Å²) in [6, 6.07) is 73.8. The van der Waals surface area contributed by atoms with Gasteiger partial charge >= 0.3 is 0 Å². The minimum atomic E-state index is 0.724. The Morgan fingerprint density at radius 1 is 0.339 bits per heavy atom. The van der Waals surface area contributed by atoms with Gasteiger partial charge in [0.15, 0.2) is 0 Å². The standard InChI is InChI=1S/C60H35NS/c1-35-22-28-41-49-30-31-51-42-14-10-11-21-55(42)62-60(51)59(49)50-29-27-38(33-53(50)52(41)32-35)36-23-25-37(26-24-36)56-45-17-6-8-19-47(45)58(48-20-9-7-18-46(48)56)57-43-15-4-2-12-39(43)54(34-61)40-13-3-5-16-44(40)57/h2-33H,1H3. The normalized spacial score (nSPS) is 11.9. The maximum absolute atomic E-state index is 10.4. The van der Waals surface area contributed by atoms with Crippen LogP contribution in [0.3, 0.4) is 0 Å². The smallest absolute Gasteiger partial charge is 0.100 e. The van der Waals surface area contributed by atoms with Crippen LogP contribution in [-0.2, 0) is 0 Å². The fraction of sp³-hybridized carbons (Fsp3) is 0.0167. The third-order valence-electron chi connectivity index (χ3n) is 13.3. The van der Waals surface area contributed by atoms with Crippen molar-refractivity contribution >= 4 is 107 Å². The summed E-state index contributed by atoms with van der Waals surface area (Å²) in [5.74, 6) is 0. The van der Waals surface area contributed by atoms with E-state index in [-0.39, 0.29) is 0 Å². The molecule has 12 aromatic carbocycles. The van der Waals surface area contributed by atoms with E-state index in [1.807, 2.05) is 23.5 Å². The summed E-state index contributed by atoms with van der Waals surface area (Å²) in [5, 5.41) is 29.9. The molecule has 0 radical (unpaired) electrons. The molecule has 0 N–H and O–H groups in total. The van der Waals surface area contributed by atoms with Crippen LogP contribution in [0.1, 0.15) is 11.1 Å². The van der Waals surface area contributed by atoms with Crippen molar-refractivity contribution in [1.82, 2.24) is 0 Å². The highest BCUT2D eigenvalue weighted by Crippen LogP contribution is 2.49. The number of hydrogen-bond donors (Lipinski definition) is 0. The van der Waals surface area contributed by atoms with E-state index in [0.29, 0.717) is 0 Å². The van der Waals surface area contributed by atoms with Crippen LogP contribution < -0.4 is 0 Å². The molecule has 0 aliphatic heterocycles. The van der Waals surface area contributed by atoms with Crippen LogP contribution >= 0.6 is 11.3 Å². The zero-order valence-corrected chi connectivity index (χ0v) is 34.6. The number of rotatable bonds is 3. The van der Waals surface area contributed by atoms with E-state index in [1.165, 1.54) is 113 Å². The third kappa shape index (κ3) is 4.95. The fourth-order valence-corrected chi connectivity index (χ4v) is 11.9. The first-order chi connectivity index (χ1) is 30.6. The second kappa shape index (κ2) is 13.3. The zero-order chi connectivity index (χ0) is 41.1. The molecule has 13 aromatic rings. The van der Waals surface area contributed by atoms with Crippen LogP contribution in [0, 0.1) is 18.3 Å². The lowest BCUT2D eigenvalue weighted by Crippen LogP contribution is -1.94. The highest BCUT2D eigenvalue weighted by atomic mass is 32.1. The van der Waals surface area contributed by atoms with Crippen molar-refractivity contribution in [2.75, 3.05) is 0 Å². The predicted octanol–water partition coefficient (Wildman–Crippen LogP) is 17.3. The molecule has 0 saturated heterocycles. The van der Waals surface area contributed by atoms with Crippen molar-refractivity contribution in [3.63, 3.8) is 0 Å². The SMILES string of the molecule is Cc1ccc2c(c1)c1cc(-c3ccc(-c4c5ccccc5c(-c5c6ccccc6c(C#N)c6ccccc56)c5ccccc45)cc3)ccc1c1c2ccc2c3ccccc3sc21. The van der Waals surface area contributed by atoms with E-state index in [9.17, 15) is 5.26 Å². The Kier molecular flexibility index (Phi) is 7.52. The fourth-order valence-electron chi connectivity index (χ4n) is 10.6. The lowest BCUT2D eigenvalue weighted by molar-refractivity contribution is 1.51. The van der Waals surface area contributed by atoms with Crippen LogP contribution in [-0.4, -0.2) is 0 Å². The Labute approximate surface area is 362 Å². The second-order valence-corrected chi connectivity index (χ2v) is 17.7. The zero-order valence-electron chi connectivity index (χ0n) is 33.8. The Bertz CT molecular complexity index is 3990. The largest absolute Gasteiger partial charge is 0.192 e. The minimum Gasteiger partial charge on any atom is -0.192 e. The molecule has 0 aliphatic rings. The molecule has 0 saturated carbocycles. The topological polar surface area (TPSA) is 23.8 Å². The molecule has 13 rings (SSSR count). The summed E-state index contributed by atoms with van der Waals surface area (Å²) >= 11 is 1.91. The molecule has 0 aliphatic carbocycles. The Balaban J connectivity index is 1.02. The van der Waals surface area contributed by atoms with E-state index in [0.717, 1.165) is 27.1 Å². The summed E-state index contributed by atoms with van der Waals surface area (Å²) in [4.78, 5) is 0. The van der Waals surface area contributed by atoms with E-state index < -0.39 is 0 Å². The molecule has 0 amide bonds. The maximum atomic E-state index is 10.4. The molecule has 0 bridgehead atoms. The van der Waals surface area contributed by atoms with E-state index >= 15 is 0 Å². The van der Waals surface area contributed by atoms with Crippen molar-refractivity contribution < 1.29 is 0 Å². The highest BCUT2D eigenvalue weighted by molar-refractivity contribution is 7.26. The van der Waals surface area contributed by atoms with Crippen molar-refractivity contribution in [2.24, 2.45) is 0 Å². The molecule has 0 unspecified atom stereocenters. The summed E-state index contributed by atoms with van der Waals surface area (Å²) < 4.78 is 2.69.